The van der Waals surface area contributed by atoms with Crippen molar-refractivity contribution in [2.45, 2.75) is 33.2 Å². The van der Waals surface area contributed by atoms with Crippen molar-refractivity contribution in [2.24, 2.45) is 5.41 Å². The molecule has 3 rings (SSSR count). The van der Waals surface area contributed by atoms with Crippen LogP contribution in [-0.4, -0.2) is 39.7 Å². The molecule has 6 heteroatoms. The van der Waals surface area contributed by atoms with Gasteiger partial charge in [-0.15, -0.1) is 0 Å². The molecule has 0 bridgehead atoms. The Hall–Kier alpha value is -2.50. The second-order valence-corrected chi connectivity index (χ2v) is 6.75. The molecule has 2 heterocycles. The molecular weight excluding hydrogens is 306 g/mol. The number of aryl methyl sites for hydroxylation is 1. The summed E-state index contributed by atoms with van der Waals surface area (Å²) in [7, 11) is 0. The molecule has 0 spiro atoms. The van der Waals surface area contributed by atoms with E-state index in [2.05, 4.69) is 29.1 Å². The van der Waals surface area contributed by atoms with Crippen molar-refractivity contribution in [3.63, 3.8) is 0 Å². The van der Waals surface area contributed by atoms with Crippen LogP contribution < -0.4 is 5.32 Å². The van der Waals surface area contributed by atoms with E-state index in [0.29, 0.717) is 13.0 Å². The van der Waals surface area contributed by atoms with Crippen LogP contribution in [0.15, 0.2) is 30.5 Å². The van der Waals surface area contributed by atoms with Gasteiger partial charge < -0.3 is 19.9 Å². The number of hydrogen-bond acceptors (Lipinski definition) is 2. The lowest BCUT2D eigenvalue weighted by Gasteiger charge is -2.20. The van der Waals surface area contributed by atoms with Crippen molar-refractivity contribution in [2.75, 3.05) is 18.4 Å². The van der Waals surface area contributed by atoms with E-state index in [1.807, 2.05) is 18.2 Å². The molecule has 1 aromatic carbocycles. The molecule has 0 aliphatic carbocycles. The summed E-state index contributed by atoms with van der Waals surface area (Å²) in [6.07, 6.45) is 3.58. The molecular formula is C18H23N3O3. The van der Waals surface area contributed by atoms with Crippen LogP contribution in [0.5, 0.6) is 0 Å². The zero-order chi connectivity index (χ0) is 17.3. The molecule has 2 aromatic rings. The van der Waals surface area contributed by atoms with E-state index < -0.39 is 11.4 Å². The van der Waals surface area contributed by atoms with E-state index in [4.69, 9.17) is 0 Å². The van der Waals surface area contributed by atoms with Gasteiger partial charge in [-0.2, -0.15) is 0 Å². The van der Waals surface area contributed by atoms with Crippen LogP contribution in [0.1, 0.15) is 26.7 Å². The van der Waals surface area contributed by atoms with Crippen LogP contribution in [0.2, 0.25) is 0 Å². The Morgan fingerprint density at radius 2 is 2.12 bits per heavy atom. The van der Waals surface area contributed by atoms with Gasteiger partial charge in [0.1, 0.15) is 0 Å². The quantitative estimate of drug-likeness (QED) is 0.903. The number of urea groups is 1. The number of rotatable bonds is 4. The van der Waals surface area contributed by atoms with Gasteiger partial charge in [0.25, 0.3) is 0 Å². The molecule has 1 saturated heterocycles. The number of amides is 2. The second kappa shape index (κ2) is 6.19. The molecule has 1 aliphatic heterocycles. The molecule has 1 fully saturated rings. The summed E-state index contributed by atoms with van der Waals surface area (Å²) in [5.41, 5.74) is 0.968. The minimum absolute atomic E-state index is 0.239. The molecule has 0 saturated carbocycles. The zero-order valence-corrected chi connectivity index (χ0v) is 14.1. The first kappa shape index (κ1) is 16.4. The predicted octanol–water partition coefficient (Wildman–Crippen LogP) is 3.38. The fourth-order valence-electron chi connectivity index (χ4n) is 3.21. The lowest BCUT2D eigenvalue weighted by Crippen LogP contribution is -2.37. The summed E-state index contributed by atoms with van der Waals surface area (Å²) >= 11 is 0. The Morgan fingerprint density at radius 1 is 1.33 bits per heavy atom. The molecule has 1 aliphatic rings. The zero-order valence-electron chi connectivity index (χ0n) is 14.1. The summed E-state index contributed by atoms with van der Waals surface area (Å²) < 4.78 is 2.17. The molecule has 1 unspecified atom stereocenters. The number of carbonyl (C=O) groups is 2. The number of hydrogen-bond donors (Lipinski definition) is 2. The number of fused-ring (bicyclic) bond motifs is 1. The maximum Gasteiger partial charge on any atom is 0.321 e. The first-order valence-electron chi connectivity index (χ1n) is 8.31. The van der Waals surface area contributed by atoms with Gasteiger partial charge in [-0.05, 0) is 43.4 Å². The van der Waals surface area contributed by atoms with Gasteiger partial charge in [-0.1, -0.05) is 13.0 Å². The van der Waals surface area contributed by atoms with E-state index in [-0.39, 0.29) is 12.6 Å². The number of carbonyl (C=O) groups excluding carboxylic acids is 1. The summed E-state index contributed by atoms with van der Waals surface area (Å²) in [5, 5.41) is 13.3. The van der Waals surface area contributed by atoms with Crippen molar-refractivity contribution < 1.29 is 14.7 Å². The molecule has 2 N–H and O–H groups in total. The normalized spacial score (nSPS) is 20.5. The average molecular weight is 329 g/mol. The summed E-state index contributed by atoms with van der Waals surface area (Å²) in [4.78, 5) is 25.3. The van der Waals surface area contributed by atoms with E-state index in [1.165, 1.54) is 0 Å². The van der Waals surface area contributed by atoms with Crippen LogP contribution >= 0.6 is 0 Å². The molecule has 128 valence electrons. The van der Waals surface area contributed by atoms with Gasteiger partial charge >= 0.3 is 12.0 Å². The maximum atomic E-state index is 12.4. The van der Waals surface area contributed by atoms with Crippen molar-refractivity contribution in [3.8, 4) is 0 Å². The van der Waals surface area contributed by atoms with Crippen LogP contribution in [0.25, 0.3) is 10.9 Å². The molecule has 0 radical (unpaired) electrons. The monoisotopic (exact) mass is 329 g/mol. The average Bonchev–Trinajstić information content (AvgIpc) is 3.13. The number of anilines is 1. The number of nitrogens with zero attached hydrogens (tertiary/aromatic N) is 2. The molecule has 24 heavy (non-hydrogen) atoms. The first-order valence-corrected chi connectivity index (χ1v) is 8.31. The number of likely N-dealkylation sites (tertiary alicyclic amines) is 1. The molecule has 1 aromatic heterocycles. The fourth-order valence-corrected chi connectivity index (χ4v) is 3.21. The number of carboxylic acids is 1. The van der Waals surface area contributed by atoms with Crippen molar-refractivity contribution in [1.29, 1.82) is 0 Å². The Balaban J connectivity index is 1.74. The van der Waals surface area contributed by atoms with Crippen molar-refractivity contribution in [1.82, 2.24) is 9.47 Å². The second-order valence-electron chi connectivity index (χ2n) is 6.75. The number of nitrogens with one attached hydrogen (secondary N) is 1. The van der Waals surface area contributed by atoms with E-state index in [9.17, 15) is 14.7 Å². The SMILES string of the molecule is CCCn1ccc2ccc(NC(=O)N3CCC(C)(C(=O)O)C3)cc21. The maximum absolute atomic E-state index is 12.4. The smallest absolute Gasteiger partial charge is 0.321 e. The van der Waals surface area contributed by atoms with Gasteiger partial charge in [0.2, 0.25) is 0 Å². The Morgan fingerprint density at radius 3 is 2.79 bits per heavy atom. The van der Waals surface area contributed by atoms with E-state index >= 15 is 0 Å². The standard InChI is InChI=1S/C18H23N3O3/c1-3-8-20-9-6-13-4-5-14(11-15(13)20)19-17(24)21-10-7-18(2,12-21)16(22)23/h4-6,9,11H,3,7-8,10,12H2,1-2H3,(H,19,24)(H,22,23). The minimum atomic E-state index is -0.850. The van der Waals surface area contributed by atoms with Gasteiger partial charge in [0.15, 0.2) is 0 Å². The fraction of sp³-hybridized carbons (Fsp3) is 0.444. The van der Waals surface area contributed by atoms with Crippen LogP contribution in [0, 0.1) is 5.41 Å². The first-order chi connectivity index (χ1) is 11.4. The third-order valence-electron chi connectivity index (χ3n) is 4.77. The Bertz CT molecular complexity index is 783. The summed E-state index contributed by atoms with van der Waals surface area (Å²) in [6.45, 7) is 5.45. The lowest BCUT2D eigenvalue weighted by atomic mass is 9.90. The van der Waals surface area contributed by atoms with E-state index in [0.717, 1.165) is 29.6 Å². The number of aliphatic carboxylic acids is 1. The Kier molecular flexibility index (Phi) is 4.22. The van der Waals surface area contributed by atoms with Gasteiger partial charge in [0, 0.05) is 31.5 Å². The topological polar surface area (TPSA) is 74.6 Å². The van der Waals surface area contributed by atoms with Crippen LogP contribution in [-0.2, 0) is 11.3 Å². The highest BCUT2D eigenvalue weighted by Crippen LogP contribution is 2.30. The Labute approximate surface area is 141 Å². The molecule has 6 nitrogen and oxygen atoms in total. The van der Waals surface area contributed by atoms with Crippen molar-refractivity contribution >= 4 is 28.6 Å². The third-order valence-corrected chi connectivity index (χ3v) is 4.77. The minimum Gasteiger partial charge on any atom is -0.481 e. The highest BCUT2D eigenvalue weighted by molar-refractivity contribution is 5.93. The van der Waals surface area contributed by atoms with Gasteiger partial charge in [-0.25, -0.2) is 4.79 Å². The highest BCUT2D eigenvalue weighted by atomic mass is 16.4. The largest absolute Gasteiger partial charge is 0.481 e. The number of aromatic nitrogens is 1. The number of benzene rings is 1. The van der Waals surface area contributed by atoms with Gasteiger partial charge in [0.05, 0.1) is 10.9 Å². The summed E-state index contributed by atoms with van der Waals surface area (Å²) in [6, 6.07) is 7.66. The molecule has 1 atom stereocenters. The summed E-state index contributed by atoms with van der Waals surface area (Å²) in [5.74, 6) is -0.850. The highest BCUT2D eigenvalue weighted by Gasteiger charge is 2.42. The molecule has 2 amide bonds. The van der Waals surface area contributed by atoms with Crippen LogP contribution in [0.4, 0.5) is 10.5 Å². The number of carboxylic acid groups (broad SMARTS) is 1. The predicted molar refractivity (Wildman–Crippen MR) is 93.2 cm³/mol. The van der Waals surface area contributed by atoms with Crippen molar-refractivity contribution in [3.05, 3.63) is 30.5 Å². The lowest BCUT2D eigenvalue weighted by molar-refractivity contribution is -0.146. The van der Waals surface area contributed by atoms with E-state index in [1.54, 1.807) is 11.8 Å². The van der Waals surface area contributed by atoms with Gasteiger partial charge in [-0.3, -0.25) is 4.79 Å². The third kappa shape index (κ3) is 2.96. The van der Waals surface area contributed by atoms with Crippen LogP contribution in [0.3, 0.4) is 0 Å².